The normalized spacial score (nSPS) is 12.1. The molecule has 0 saturated heterocycles. The Hall–Kier alpha value is -4.39. The average molecular weight is 467 g/mol. The Morgan fingerprint density at radius 1 is 0.914 bits per heavy atom. The van der Waals surface area contributed by atoms with E-state index in [0.29, 0.717) is 29.1 Å². The van der Waals surface area contributed by atoms with Gasteiger partial charge in [0.05, 0.1) is 36.3 Å². The number of para-hydroxylation sites is 2. The quantitative estimate of drug-likeness (QED) is 0.418. The van der Waals surface area contributed by atoms with E-state index in [0.717, 1.165) is 30.6 Å². The molecule has 1 aliphatic carbocycles. The predicted octanol–water partition coefficient (Wildman–Crippen LogP) is 4.55. The molecule has 0 aliphatic heterocycles. The van der Waals surface area contributed by atoms with Gasteiger partial charge in [-0.2, -0.15) is 5.10 Å². The maximum absolute atomic E-state index is 13.1. The largest absolute Gasteiger partial charge is 0.497 e. The molecule has 5 rings (SSSR count). The van der Waals surface area contributed by atoms with Crippen molar-refractivity contribution in [3.8, 4) is 11.4 Å². The Kier molecular flexibility index (Phi) is 6.30. The molecule has 0 saturated carbocycles. The van der Waals surface area contributed by atoms with Crippen LogP contribution in [-0.2, 0) is 19.4 Å². The molecule has 0 radical (unpaired) electrons. The lowest BCUT2D eigenvalue weighted by Gasteiger charge is -2.12. The Labute approximate surface area is 203 Å². The zero-order valence-electron chi connectivity index (χ0n) is 19.5. The first-order valence-corrected chi connectivity index (χ1v) is 11.6. The number of ether oxygens (including phenoxy) is 1. The van der Waals surface area contributed by atoms with Crippen molar-refractivity contribution in [3.05, 3.63) is 107 Å². The first kappa shape index (κ1) is 22.4. The fraction of sp³-hybridized carbons (Fsp3) is 0.179. The zero-order chi connectivity index (χ0) is 24.2. The first-order valence-electron chi connectivity index (χ1n) is 11.6. The van der Waals surface area contributed by atoms with Gasteiger partial charge in [0.15, 0.2) is 0 Å². The number of nitrogens with zero attached hydrogens (tertiary/aromatic N) is 2. The molecule has 0 unspecified atom stereocenters. The molecule has 0 bridgehead atoms. The summed E-state index contributed by atoms with van der Waals surface area (Å²) in [4.78, 5) is 25.8. The molecule has 0 spiro atoms. The number of fused-ring (bicyclic) bond motifs is 1. The minimum atomic E-state index is -0.299. The maximum atomic E-state index is 13.1. The summed E-state index contributed by atoms with van der Waals surface area (Å²) in [5, 5.41) is 10.7. The van der Waals surface area contributed by atoms with E-state index in [1.165, 1.54) is 11.3 Å². The number of aromatic nitrogens is 2. The van der Waals surface area contributed by atoms with Crippen LogP contribution >= 0.6 is 0 Å². The van der Waals surface area contributed by atoms with Gasteiger partial charge in [0, 0.05) is 11.3 Å². The summed E-state index contributed by atoms with van der Waals surface area (Å²) in [6.07, 6.45) is 3.02. The molecule has 0 fully saturated rings. The number of hydrogen-bond acceptors (Lipinski definition) is 4. The van der Waals surface area contributed by atoms with Gasteiger partial charge >= 0.3 is 0 Å². The van der Waals surface area contributed by atoms with E-state index in [1.54, 1.807) is 55.6 Å². The van der Waals surface area contributed by atoms with Crippen LogP contribution < -0.4 is 15.4 Å². The van der Waals surface area contributed by atoms with E-state index >= 15 is 0 Å². The summed E-state index contributed by atoms with van der Waals surface area (Å²) in [6, 6.07) is 23.8. The van der Waals surface area contributed by atoms with Crippen molar-refractivity contribution in [2.75, 3.05) is 12.4 Å². The van der Waals surface area contributed by atoms with Crippen molar-refractivity contribution in [1.29, 1.82) is 0 Å². The predicted molar refractivity (Wildman–Crippen MR) is 134 cm³/mol. The van der Waals surface area contributed by atoms with Crippen LogP contribution in [0.25, 0.3) is 5.69 Å². The molecule has 7 heteroatoms. The monoisotopic (exact) mass is 466 g/mol. The molecule has 0 atom stereocenters. The molecule has 1 heterocycles. The van der Waals surface area contributed by atoms with Gasteiger partial charge in [-0.3, -0.25) is 9.59 Å². The van der Waals surface area contributed by atoms with E-state index in [2.05, 4.69) is 10.6 Å². The minimum absolute atomic E-state index is 0.267. The van der Waals surface area contributed by atoms with Crippen molar-refractivity contribution < 1.29 is 14.3 Å². The van der Waals surface area contributed by atoms with Crippen LogP contribution in [0.1, 0.15) is 44.1 Å². The molecule has 4 aromatic rings. The lowest BCUT2D eigenvalue weighted by Crippen LogP contribution is -2.25. The van der Waals surface area contributed by atoms with Crippen LogP contribution in [0.5, 0.6) is 5.75 Å². The topological polar surface area (TPSA) is 85.2 Å². The van der Waals surface area contributed by atoms with Crippen LogP contribution in [0.15, 0.2) is 78.9 Å². The van der Waals surface area contributed by atoms with Gasteiger partial charge in [0.1, 0.15) is 5.75 Å². The van der Waals surface area contributed by atoms with Crippen molar-refractivity contribution in [3.63, 3.8) is 0 Å². The highest BCUT2D eigenvalue weighted by Crippen LogP contribution is 2.28. The third-order valence-corrected chi connectivity index (χ3v) is 6.20. The highest BCUT2D eigenvalue weighted by Gasteiger charge is 2.23. The van der Waals surface area contributed by atoms with Crippen molar-refractivity contribution in [1.82, 2.24) is 15.1 Å². The molecule has 35 heavy (non-hydrogen) atoms. The molecular weight excluding hydrogens is 440 g/mol. The number of rotatable bonds is 7. The number of hydrogen-bond donors (Lipinski definition) is 2. The van der Waals surface area contributed by atoms with E-state index in [-0.39, 0.29) is 11.8 Å². The van der Waals surface area contributed by atoms with Gasteiger partial charge in [0.25, 0.3) is 11.8 Å². The lowest BCUT2D eigenvalue weighted by atomic mass is 10.1. The van der Waals surface area contributed by atoms with Crippen LogP contribution in [0.2, 0.25) is 0 Å². The Morgan fingerprint density at radius 2 is 1.66 bits per heavy atom. The van der Waals surface area contributed by atoms with E-state index in [1.807, 2.05) is 35.0 Å². The Bertz CT molecular complexity index is 1360. The number of carbonyl (C=O) groups is 2. The summed E-state index contributed by atoms with van der Waals surface area (Å²) < 4.78 is 7.14. The highest BCUT2D eigenvalue weighted by atomic mass is 16.5. The van der Waals surface area contributed by atoms with E-state index < -0.39 is 0 Å². The maximum Gasteiger partial charge on any atom is 0.255 e. The zero-order valence-corrected chi connectivity index (χ0v) is 19.5. The number of nitrogens with one attached hydrogen (secondary N) is 2. The van der Waals surface area contributed by atoms with Crippen LogP contribution in [0.3, 0.4) is 0 Å². The average Bonchev–Trinajstić information content (AvgIpc) is 3.51. The molecule has 3 aromatic carbocycles. The SMILES string of the molecule is COc1ccc(C(=O)Nc2ccccc2C(=O)NCc2nn(-c3ccccc3)c3c2CCC3)cc1. The third kappa shape index (κ3) is 4.66. The Morgan fingerprint density at radius 3 is 2.43 bits per heavy atom. The number of carbonyl (C=O) groups excluding carboxylic acids is 2. The minimum Gasteiger partial charge on any atom is -0.497 e. The second-order valence-electron chi connectivity index (χ2n) is 8.38. The molecule has 2 N–H and O–H groups in total. The summed E-state index contributed by atoms with van der Waals surface area (Å²) in [5.74, 6) is 0.103. The molecule has 176 valence electrons. The molecule has 1 aromatic heterocycles. The Balaban J connectivity index is 1.31. The van der Waals surface area contributed by atoms with Crippen molar-refractivity contribution in [2.24, 2.45) is 0 Å². The number of anilines is 1. The van der Waals surface area contributed by atoms with Gasteiger partial charge in [-0.1, -0.05) is 30.3 Å². The number of amides is 2. The van der Waals surface area contributed by atoms with Gasteiger partial charge in [0.2, 0.25) is 0 Å². The van der Waals surface area contributed by atoms with Gasteiger partial charge in [-0.05, 0) is 73.4 Å². The van der Waals surface area contributed by atoms with E-state index in [4.69, 9.17) is 9.84 Å². The molecule has 1 aliphatic rings. The fourth-order valence-corrected chi connectivity index (χ4v) is 4.42. The fourth-order valence-electron chi connectivity index (χ4n) is 4.42. The smallest absolute Gasteiger partial charge is 0.255 e. The van der Waals surface area contributed by atoms with E-state index in [9.17, 15) is 9.59 Å². The summed E-state index contributed by atoms with van der Waals surface area (Å²) in [5.41, 5.74) is 5.66. The third-order valence-electron chi connectivity index (χ3n) is 6.20. The summed E-state index contributed by atoms with van der Waals surface area (Å²) in [7, 11) is 1.57. The van der Waals surface area contributed by atoms with Gasteiger partial charge in [-0.15, -0.1) is 0 Å². The molecule has 7 nitrogen and oxygen atoms in total. The van der Waals surface area contributed by atoms with Gasteiger partial charge < -0.3 is 15.4 Å². The van der Waals surface area contributed by atoms with Crippen LogP contribution in [0.4, 0.5) is 5.69 Å². The molecular formula is C28H26N4O3. The number of benzene rings is 3. The molecule has 2 amide bonds. The summed E-state index contributed by atoms with van der Waals surface area (Å²) >= 11 is 0. The van der Waals surface area contributed by atoms with Gasteiger partial charge in [-0.25, -0.2) is 4.68 Å². The van der Waals surface area contributed by atoms with Crippen molar-refractivity contribution >= 4 is 17.5 Å². The summed E-state index contributed by atoms with van der Waals surface area (Å²) in [6.45, 7) is 0.321. The number of methoxy groups -OCH3 is 1. The second-order valence-corrected chi connectivity index (χ2v) is 8.38. The highest BCUT2D eigenvalue weighted by molar-refractivity contribution is 6.09. The lowest BCUT2D eigenvalue weighted by molar-refractivity contribution is 0.0951. The van der Waals surface area contributed by atoms with Crippen LogP contribution in [0, 0.1) is 0 Å². The standard InChI is InChI=1S/C28H26N4O3/c1-35-21-16-14-19(15-17-21)27(33)30-24-12-6-5-10-23(24)28(34)29-18-25-22-11-7-13-26(22)32(31-25)20-8-3-2-4-9-20/h2-6,8-10,12,14-17H,7,11,13,18H2,1H3,(H,29,34)(H,30,33). The second kappa shape index (κ2) is 9.85. The first-order chi connectivity index (χ1) is 17.1. The van der Waals surface area contributed by atoms with Crippen LogP contribution in [-0.4, -0.2) is 28.7 Å². The van der Waals surface area contributed by atoms with Crippen molar-refractivity contribution in [2.45, 2.75) is 25.8 Å².